The van der Waals surface area contributed by atoms with Crippen LogP contribution in [-0.2, 0) is 10.1 Å². The molecule has 136 valence electrons. The molecule has 2 aromatic carbocycles. The van der Waals surface area contributed by atoms with Gasteiger partial charge >= 0.3 is 5.97 Å². The normalized spacial score (nSPS) is 10.5. The maximum Gasteiger partial charge on any atom is 0.343 e. The number of hydrogen-bond donors (Lipinski definition) is 3. The van der Waals surface area contributed by atoms with E-state index in [1.165, 1.54) is 18.2 Å². The highest BCUT2D eigenvalue weighted by Crippen LogP contribution is 2.27. The molecule has 0 aliphatic heterocycles. The van der Waals surface area contributed by atoms with Gasteiger partial charge in [0.05, 0.1) is 5.56 Å². The van der Waals surface area contributed by atoms with Crippen molar-refractivity contribution in [1.29, 1.82) is 0 Å². The van der Waals surface area contributed by atoms with Gasteiger partial charge in [-0.2, -0.15) is 8.42 Å². The topological polar surface area (TPSA) is 113 Å². The van der Waals surface area contributed by atoms with Crippen LogP contribution in [0.4, 0.5) is 0 Å². The zero-order valence-electron chi connectivity index (χ0n) is 14.0. The van der Waals surface area contributed by atoms with Crippen LogP contribution in [-0.4, -0.2) is 37.1 Å². The molecular formula is C17H21NO6S. The van der Waals surface area contributed by atoms with Crippen LogP contribution in [0.3, 0.4) is 0 Å². The molecule has 0 fully saturated rings. The Labute approximate surface area is 147 Å². The van der Waals surface area contributed by atoms with Crippen LogP contribution in [0.2, 0.25) is 0 Å². The lowest BCUT2D eigenvalue weighted by Gasteiger charge is -2.06. The summed E-state index contributed by atoms with van der Waals surface area (Å²) in [4.78, 5) is 11.0. The van der Waals surface area contributed by atoms with Crippen molar-refractivity contribution in [3.63, 3.8) is 0 Å². The van der Waals surface area contributed by atoms with Gasteiger partial charge in [0, 0.05) is 6.07 Å². The first-order valence-electron chi connectivity index (χ1n) is 7.58. The first-order valence-corrected chi connectivity index (χ1v) is 9.02. The molecule has 0 unspecified atom stereocenters. The van der Waals surface area contributed by atoms with Gasteiger partial charge in [0.1, 0.15) is 16.4 Å². The third-order valence-corrected chi connectivity index (χ3v) is 3.81. The number of nitrogens with one attached hydrogen (secondary N) is 1. The molecule has 0 amide bonds. The molecule has 3 N–H and O–H groups in total. The van der Waals surface area contributed by atoms with E-state index in [0.29, 0.717) is 0 Å². The Morgan fingerprint density at radius 2 is 1.68 bits per heavy atom. The number of hydrogen-bond acceptors (Lipinski definition) is 6. The molecule has 0 aromatic heterocycles. The van der Waals surface area contributed by atoms with E-state index in [1.807, 2.05) is 0 Å². The van der Waals surface area contributed by atoms with E-state index in [1.54, 1.807) is 18.2 Å². The summed E-state index contributed by atoms with van der Waals surface area (Å²) in [6.07, 6.45) is 0. The van der Waals surface area contributed by atoms with E-state index < -0.39 is 26.7 Å². The Kier molecular flexibility index (Phi) is 8.06. The second kappa shape index (κ2) is 9.77. The molecule has 8 heteroatoms. The molecule has 25 heavy (non-hydrogen) atoms. The maximum absolute atomic E-state index is 11.8. The van der Waals surface area contributed by atoms with Crippen LogP contribution >= 0.6 is 0 Å². The number of phenols is 1. The van der Waals surface area contributed by atoms with Gasteiger partial charge < -0.3 is 15.2 Å². The molecule has 0 atom stereocenters. The van der Waals surface area contributed by atoms with Gasteiger partial charge in [-0.1, -0.05) is 32.0 Å². The molecule has 2 aromatic rings. The number of ether oxygens (including phenoxy) is 1. The molecule has 0 saturated heterocycles. The summed E-state index contributed by atoms with van der Waals surface area (Å²) < 4.78 is 35.9. The van der Waals surface area contributed by atoms with E-state index in [4.69, 9.17) is 9.29 Å². The first kappa shape index (κ1) is 20.6. The average Bonchev–Trinajstić information content (AvgIpc) is 2.57. The van der Waals surface area contributed by atoms with Gasteiger partial charge in [-0.15, -0.1) is 0 Å². The molecule has 0 saturated carbocycles. The molecule has 2 rings (SSSR count). The summed E-state index contributed by atoms with van der Waals surface area (Å²) in [5.41, 5.74) is 0.286. The van der Waals surface area contributed by atoms with Crippen LogP contribution in [0, 0.1) is 0 Å². The monoisotopic (exact) mass is 367 g/mol. The zero-order valence-corrected chi connectivity index (χ0v) is 14.8. The lowest BCUT2D eigenvalue weighted by Crippen LogP contribution is -2.09. The molecule has 0 bridgehead atoms. The Morgan fingerprint density at radius 1 is 1.08 bits per heavy atom. The smallest absolute Gasteiger partial charge is 0.343 e. The van der Waals surface area contributed by atoms with Crippen molar-refractivity contribution in [3.8, 4) is 11.5 Å². The SMILES string of the molecule is CCNCC.O=C(Oc1ccc(O)c(S(=O)(=O)O)c1)c1ccccc1. The molecule has 0 spiro atoms. The van der Waals surface area contributed by atoms with E-state index in [9.17, 15) is 18.3 Å². The quantitative estimate of drug-likeness (QED) is 0.423. The predicted octanol–water partition coefficient (Wildman–Crippen LogP) is 2.47. The third-order valence-electron chi connectivity index (χ3n) is 2.93. The summed E-state index contributed by atoms with van der Waals surface area (Å²) in [6, 6.07) is 11.2. The average molecular weight is 367 g/mol. The third kappa shape index (κ3) is 6.92. The number of benzene rings is 2. The fraction of sp³-hybridized carbons (Fsp3) is 0.235. The Balaban J connectivity index is 0.000000550. The van der Waals surface area contributed by atoms with Gasteiger partial charge in [-0.3, -0.25) is 4.55 Å². The maximum atomic E-state index is 11.8. The lowest BCUT2D eigenvalue weighted by molar-refractivity contribution is 0.0734. The highest BCUT2D eigenvalue weighted by molar-refractivity contribution is 7.86. The van der Waals surface area contributed by atoms with Crippen molar-refractivity contribution in [2.45, 2.75) is 18.7 Å². The zero-order chi connectivity index (χ0) is 18.9. The van der Waals surface area contributed by atoms with Gasteiger partial charge in [0.2, 0.25) is 0 Å². The van der Waals surface area contributed by atoms with Gasteiger partial charge in [0.25, 0.3) is 10.1 Å². The fourth-order valence-electron chi connectivity index (χ4n) is 1.75. The fourth-order valence-corrected chi connectivity index (χ4v) is 2.35. The first-order chi connectivity index (χ1) is 11.8. The highest BCUT2D eigenvalue weighted by atomic mass is 32.2. The highest BCUT2D eigenvalue weighted by Gasteiger charge is 2.17. The minimum absolute atomic E-state index is 0.107. The van der Waals surface area contributed by atoms with E-state index >= 15 is 0 Å². The van der Waals surface area contributed by atoms with Crippen LogP contribution in [0.1, 0.15) is 24.2 Å². The lowest BCUT2D eigenvalue weighted by atomic mass is 10.2. The Morgan fingerprint density at radius 3 is 2.16 bits per heavy atom. The summed E-state index contributed by atoms with van der Waals surface area (Å²) in [5.74, 6) is -1.42. The van der Waals surface area contributed by atoms with Gasteiger partial charge in [-0.25, -0.2) is 4.79 Å². The number of carbonyl (C=O) groups excluding carboxylic acids is 1. The summed E-state index contributed by atoms with van der Waals surface area (Å²) in [6.45, 7) is 6.39. The number of carbonyl (C=O) groups is 1. The van der Waals surface area contributed by atoms with Crippen molar-refractivity contribution in [1.82, 2.24) is 5.32 Å². The summed E-state index contributed by atoms with van der Waals surface area (Å²) in [7, 11) is -4.60. The van der Waals surface area contributed by atoms with Crippen molar-refractivity contribution < 1.29 is 27.6 Å². The number of phenolic OH excluding ortho intramolecular Hbond substituents is 1. The summed E-state index contributed by atoms with van der Waals surface area (Å²) >= 11 is 0. The van der Waals surface area contributed by atoms with Gasteiger partial charge in [-0.05, 0) is 37.4 Å². The van der Waals surface area contributed by atoms with Gasteiger partial charge in [0.15, 0.2) is 0 Å². The molecule has 0 radical (unpaired) electrons. The molecule has 0 aliphatic carbocycles. The molecular weight excluding hydrogens is 346 g/mol. The largest absolute Gasteiger partial charge is 0.506 e. The number of aromatic hydroxyl groups is 1. The van der Waals surface area contributed by atoms with Crippen molar-refractivity contribution in [3.05, 3.63) is 54.1 Å². The Hall–Kier alpha value is -2.42. The van der Waals surface area contributed by atoms with E-state index in [2.05, 4.69) is 19.2 Å². The Bertz CT molecular complexity index is 788. The van der Waals surface area contributed by atoms with Crippen LogP contribution in [0.25, 0.3) is 0 Å². The van der Waals surface area contributed by atoms with Crippen LogP contribution in [0.5, 0.6) is 11.5 Å². The van der Waals surface area contributed by atoms with E-state index in [0.717, 1.165) is 25.2 Å². The number of rotatable bonds is 5. The minimum atomic E-state index is -4.60. The van der Waals surface area contributed by atoms with E-state index in [-0.39, 0.29) is 11.3 Å². The van der Waals surface area contributed by atoms with Crippen LogP contribution in [0.15, 0.2) is 53.4 Å². The second-order valence-corrected chi connectivity index (χ2v) is 6.21. The van der Waals surface area contributed by atoms with Crippen LogP contribution < -0.4 is 10.1 Å². The second-order valence-electron chi connectivity index (χ2n) is 4.82. The van der Waals surface area contributed by atoms with Crippen molar-refractivity contribution >= 4 is 16.1 Å². The molecule has 7 nitrogen and oxygen atoms in total. The number of esters is 1. The predicted molar refractivity (Wildman–Crippen MR) is 93.5 cm³/mol. The van der Waals surface area contributed by atoms with Crippen molar-refractivity contribution in [2.75, 3.05) is 13.1 Å². The molecule has 0 aliphatic rings. The van der Waals surface area contributed by atoms with Crippen molar-refractivity contribution in [2.24, 2.45) is 0 Å². The standard InChI is InChI=1S/C13H10O6S.C4H11N/c14-11-7-6-10(8-12(11)20(16,17)18)19-13(15)9-4-2-1-3-5-9;1-3-5-4-2/h1-8,14H,(H,16,17,18);5H,3-4H2,1-2H3. The minimum Gasteiger partial charge on any atom is -0.506 e. The molecule has 0 heterocycles. The summed E-state index contributed by atoms with van der Waals surface area (Å²) in [5, 5.41) is 12.5.